The zero-order valence-electron chi connectivity index (χ0n) is 17.4. The van der Waals surface area contributed by atoms with Gasteiger partial charge >= 0.3 is 6.09 Å². The summed E-state index contributed by atoms with van der Waals surface area (Å²) in [6.07, 6.45) is 1.31. The molecule has 0 spiro atoms. The van der Waals surface area contributed by atoms with E-state index in [1.165, 1.54) is 0 Å². The fourth-order valence-electron chi connectivity index (χ4n) is 3.67. The van der Waals surface area contributed by atoms with Crippen molar-refractivity contribution in [3.05, 3.63) is 24.0 Å². The lowest BCUT2D eigenvalue weighted by Gasteiger charge is -2.25. The molecule has 0 aliphatic carbocycles. The Morgan fingerprint density at radius 3 is 2.90 bits per heavy atom. The number of carbonyl (C=O) groups is 1. The number of nitrogen functional groups attached to an aromatic ring is 1. The van der Waals surface area contributed by atoms with Gasteiger partial charge in [-0.1, -0.05) is 6.92 Å². The first kappa shape index (κ1) is 20.4. The average Bonchev–Trinajstić information content (AvgIpc) is 3.13. The first-order valence-corrected chi connectivity index (χ1v) is 10.3. The number of fused-ring (bicyclic) bond motifs is 3. The molecule has 0 bridgehead atoms. The third-order valence-electron chi connectivity index (χ3n) is 5.06. The van der Waals surface area contributed by atoms with Crippen molar-refractivity contribution in [2.45, 2.75) is 39.8 Å². The minimum atomic E-state index is -0.423. The Morgan fingerprint density at radius 2 is 2.17 bits per heavy atom. The summed E-state index contributed by atoms with van der Waals surface area (Å²) >= 11 is 0. The van der Waals surface area contributed by atoms with Gasteiger partial charge in [0.05, 0.1) is 17.6 Å². The van der Waals surface area contributed by atoms with Crippen LogP contribution in [0.5, 0.6) is 5.75 Å². The van der Waals surface area contributed by atoms with Crippen molar-refractivity contribution in [3.8, 4) is 5.75 Å². The zero-order valence-corrected chi connectivity index (χ0v) is 17.4. The van der Waals surface area contributed by atoms with Crippen molar-refractivity contribution in [1.29, 1.82) is 0 Å². The minimum absolute atomic E-state index is 0.249. The van der Waals surface area contributed by atoms with E-state index in [9.17, 15) is 4.79 Å². The summed E-state index contributed by atoms with van der Waals surface area (Å²) in [5.41, 5.74) is 8.46. The number of hydrogen-bond donors (Lipinski definition) is 1. The lowest BCUT2D eigenvalue weighted by Crippen LogP contribution is -2.39. The smallest absolute Gasteiger partial charge is 0.410 e. The van der Waals surface area contributed by atoms with Gasteiger partial charge in [-0.15, -0.1) is 0 Å². The van der Waals surface area contributed by atoms with Crippen LogP contribution in [0.15, 0.2) is 18.2 Å². The Bertz CT molecular complexity index is 1060. The number of anilines is 1. The summed E-state index contributed by atoms with van der Waals surface area (Å²) in [5, 5.41) is 0.836. The van der Waals surface area contributed by atoms with Crippen LogP contribution in [0.25, 0.3) is 21.9 Å². The molecule has 0 radical (unpaired) electrons. The van der Waals surface area contributed by atoms with Crippen LogP contribution in [0.3, 0.4) is 0 Å². The number of hydrogen-bond acceptors (Lipinski definition) is 7. The van der Waals surface area contributed by atoms with Gasteiger partial charge in [-0.25, -0.2) is 14.8 Å². The number of nitrogens with two attached hydrogens (primary N) is 1. The molecular weight excluding hydrogens is 386 g/mol. The predicted molar refractivity (Wildman–Crippen MR) is 113 cm³/mol. The number of benzene rings is 1. The van der Waals surface area contributed by atoms with E-state index in [-0.39, 0.29) is 6.73 Å². The number of rotatable bonds is 6. The van der Waals surface area contributed by atoms with Crippen molar-refractivity contribution < 1.29 is 19.0 Å². The molecule has 0 saturated carbocycles. The molecule has 9 nitrogen and oxygen atoms in total. The van der Waals surface area contributed by atoms with E-state index in [4.69, 9.17) is 24.9 Å². The topological polar surface area (TPSA) is 105 Å². The molecule has 0 unspecified atom stereocenters. The van der Waals surface area contributed by atoms with Gasteiger partial charge in [0.2, 0.25) is 0 Å². The molecule has 30 heavy (non-hydrogen) atoms. The van der Waals surface area contributed by atoms with Crippen molar-refractivity contribution in [2.24, 2.45) is 0 Å². The van der Waals surface area contributed by atoms with Gasteiger partial charge in [-0.05, 0) is 38.0 Å². The van der Waals surface area contributed by atoms with Crippen LogP contribution in [0.2, 0.25) is 0 Å². The molecule has 1 aliphatic rings. The molecule has 3 aromatic rings. The van der Waals surface area contributed by atoms with Gasteiger partial charge in [0, 0.05) is 25.1 Å². The Balaban J connectivity index is 1.77. The van der Waals surface area contributed by atoms with Crippen molar-refractivity contribution in [2.75, 3.05) is 32.2 Å². The van der Waals surface area contributed by atoms with Crippen LogP contribution in [0.1, 0.15) is 32.5 Å². The lowest BCUT2D eigenvalue weighted by molar-refractivity contribution is -0.00209. The van der Waals surface area contributed by atoms with E-state index in [0.29, 0.717) is 43.4 Å². The van der Waals surface area contributed by atoms with Crippen molar-refractivity contribution in [3.63, 3.8) is 0 Å². The van der Waals surface area contributed by atoms with Crippen LogP contribution < -0.4 is 10.5 Å². The van der Waals surface area contributed by atoms with E-state index in [0.717, 1.165) is 41.6 Å². The summed E-state index contributed by atoms with van der Waals surface area (Å²) in [6.45, 7) is 7.36. The zero-order chi connectivity index (χ0) is 21.1. The first-order valence-electron chi connectivity index (χ1n) is 10.3. The summed E-state index contributed by atoms with van der Waals surface area (Å²) in [5.74, 6) is 1.63. The molecule has 1 saturated heterocycles. The van der Waals surface area contributed by atoms with Crippen LogP contribution in [-0.2, 0) is 22.6 Å². The molecule has 9 heteroatoms. The molecule has 3 heterocycles. The number of ether oxygens (including phenoxy) is 3. The number of aromatic nitrogens is 3. The highest BCUT2D eigenvalue weighted by molar-refractivity contribution is 6.07. The van der Waals surface area contributed by atoms with E-state index in [2.05, 4.69) is 16.5 Å². The molecule has 2 N–H and O–H groups in total. The number of aryl methyl sites for hydroxylation is 1. The molecule has 1 fully saturated rings. The summed E-state index contributed by atoms with van der Waals surface area (Å²) < 4.78 is 18.7. The summed E-state index contributed by atoms with van der Waals surface area (Å²) in [4.78, 5) is 23.2. The maximum Gasteiger partial charge on any atom is 0.417 e. The number of amides is 1. The largest absolute Gasteiger partial charge is 0.417 e. The second kappa shape index (κ2) is 8.85. The number of pyridine rings is 1. The Labute approximate surface area is 174 Å². The second-order valence-electron chi connectivity index (χ2n) is 7.21. The van der Waals surface area contributed by atoms with Gasteiger partial charge in [0.15, 0.2) is 5.82 Å². The van der Waals surface area contributed by atoms with Gasteiger partial charge < -0.3 is 24.5 Å². The molecule has 1 amide bonds. The van der Waals surface area contributed by atoms with E-state index >= 15 is 0 Å². The van der Waals surface area contributed by atoms with Crippen LogP contribution in [0.4, 0.5) is 10.6 Å². The maximum atomic E-state index is 12.5. The van der Waals surface area contributed by atoms with Gasteiger partial charge in [-0.2, -0.15) is 0 Å². The molecule has 160 valence electrons. The van der Waals surface area contributed by atoms with Crippen LogP contribution in [-0.4, -0.2) is 52.0 Å². The summed E-state index contributed by atoms with van der Waals surface area (Å²) in [7, 11) is 0. The third kappa shape index (κ3) is 3.90. The van der Waals surface area contributed by atoms with E-state index < -0.39 is 6.09 Å². The minimum Gasteiger partial charge on any atom is -0.410 e. The highest BCUT2D eigenvalue weighted by Crippen LogP contribution is 2.32. The quantitative estimate of drug-likeness (QED) is 0.661. The van der Waals surface area contributed by atoms with Crippen molar-refractivity contribution in [1.82, 2.24) is 19.4 Å². The molecule has 0 atom stereocenters. The highest BCUT2D eigenvalue weighted by atomic mass is 16.6. The Kier molecular flexibility index (Phi) is 6.01. The second-order valence-corrected chi connectivity index (χ2v) is 7.21. The predicted octanol–water partition coefficient (Wildman–Crippen LogP) is 3.29. The standard InChI is InChI=1S/C21H27N5O4/c1-3-8-26-17(12-28-4-2)24-18-19(26)15-11-14(6-7-16(15)23-20(18)22)30-21(27)25-9-5-10-29-13-25/h6-7,11H,3-5,8-10,12-13H2,1-2H3,(H2,22,23). The molecule has 1 aliphatic heterocycles. The van der Waals surface area contributed by atoms with Gasteiger partial charge in [0.25, 0.3) is 0 Å². The van der Waals surface area contributed by atoms with Crippen LogP contribution >= 0.6 is 0 Å². The van der Waals surface area contributed by atoms with Gasteiger partial charge in [-0.3, -0.25) is 4.90 Å². The molecule has 1 aromatic carbocycles. The lowest BCUT2D eigenvalue weighted by atomic mass is 10.1. The number of nitrogens with zero attached hydrogens (tertiary/aromatic N) is 4. The molecule has 2 aromatic heterocycles. The highest BCUT2D eigenvalue weighted by Gasteiger charge is 2.21. The van der Waals surface area contributed by atoms with E-state index in [1.807, 2.05) is 19.1 Å². The summed E-state index contributed by atoms with van der Waals surface area (Å²) in [6, 6.07) is 5.36. The monoisotopic (exact) mass is 413 g/mol. The SMILES string of the molecule is CCCn1c(COCC)nc2c(N)nc3ccc(OC(=O)N4CCCOC4)cc3c21. The first-order chi connectivity index (χ1) is 14.6. The Morgan fingerprint density at radius 1 is 1.30 bits per heavy atom. The number of carbonyl (C=O) groups excluding carboxylic acids is 1. The maximum absolute atomic E-state index is 12.5. The Hall–Kier alpha value is -2.91. The number of imidazole rings is 1. The van der Waals surface area contributed by atoms with Crippen molar-refractivity contribution >= 4 is 33.8 Å². The fraction of sp³-hybridized carbons (Fsp3) is 0.476. The van der Waals surface area contributed by atoms with Crippen LogP contribution in [0, 0.1) is 0 Å². The third-order valence-corrected chi connectivity index (χ3v) is 5.06. The molecule has 4 rings (SSSR count). The normalized spacial score (nSPS) is 14.5. The molecular formula is C21H27N5O4. The van der Waals surface area contributed by atoms with Gasteiger partial charge in [0.1, 0.15) is 30.4 Å². The fourth-order valence-corrected chi connectivity index (χ4v) is 3.67. The average molecular weight is 413 g/mol. The van der Waals surface area contributed by atoms with E-state index in [1.54, 1.807) is 11.0 Å².